The third kappa shape index (κ3) is 4.04. The van der Waals surface area contributed by atoms with Gasteiger partial charge in [0.05, 0.1) is 0 Å². The molecule has 2 rings (SSSR count). The number of aromatic nitrogens is 1. The summed E-state index contributed by atoms with van der Waals surface area (Å²) in [6, 6.07) is 4.46. The molecular formula is C16H17F3N2. The van der Waals surface area contributed by atoms with Crippen molar-refractivity contribution >= 4 is 0 Å². The number of pyridine rings is 1. The van der Waals surface area contributed by atoms with E-state index in [1.165, 1.54) is 0 Å². The number of hydrogen-bond donors (Lipinski definition) is 1. The van der Waals surface area contributed by atoms with Crippen LogP contribution >= 0.6 is 0 Å². The Morgan fingerprint density at radius 1 is 1.10 bits per heavy atom. The van der Waals surface area contributed by atoms with E-state index in [1.807, 2.05) is 6.92 Å². The minimum atomic E-state index is -0.910. The van der Waals surface area contributed by atoms with Gasteiger partial charge >= 0.3 is 0 Å². The van der Waals surface area contributed by atoms with E-state index in [1.54, 1.807) is 24.5 Å². The van der Waals surface area contributed by atoms with E-state index in [0.717, 1.165) is 12.0 Å². The first-order chi connectivity index (χ1) is 10.1. The maximum atomic E-state index is 14.0. The summed E-state index contributed by atoms with van der Waals surface area (Å²) >= 11 is 0. The Morgan fingerprint density at radius 3 is 2.29 bits per heavy atom. The SMILES string of the molecule is CCCNC(Cc1ccncc1)c1c(F)cc(F)cc1F. The van der Waals surface area contributed by atoms with Gasteiger partial charge in [0, 0.05) is 36.1 Å². The molecule has 1 atom stereocenters. The minimum absolute atomic E-state index is 0.123. The number of rotatable bonds is 6. The topological polar surface area (TPSA) is 24.9 Å². The van der Waals surface area contributed by atoms with Crippen LogP contribution in [-0.2, 0) is 6.42 Å². The van der Waals surface area contributed by atoms with Crippen LogP contribution in [0.3, 0.4) is 0 Å². The lowest BCUT2D eigenvalue weighted by Gasteiger charge is -2.20. The molecule has 0 bridgehead atoms. The standard InChI is InChI=1S/C16H17F3N2/c1-2-5-21-15(8-11-3-6-20-7-4-11)16-13(18)9-12(17)10-14(16)19/h3-4,6-7,9-10,15,21H,2,5,8H2,1H3. The number of hydrogen-bond acceptors (Lipinski definition) is 2. The lowest BCUT2D eigenvalue weighted by Crippen LogP contribution is -2.26. The maximum absolute atomic E-state index is 14.0. The summed E-state index contributed by atoms with van der Waals surface area (Å²) in [4.78, 5) is 3.92. The summed E-state index contributed by atoms with van der Waals surface area (Å²) in [6.45, 7) is 2.58. The molecule has 0 fully saturated rings. The number of nitrogens with zero attached hydrogens (tertiary/aromatic N) is 1. The van der Waals surface area contributed by atoms with Gasteiger partial charge in [-0.05, 0) is 37.1 Å². The molecule has 1 unspecified atom stereocenters. The zero-order valence-electron chi connectivity index (χ0n) is 11.7. The van der Waals surface area contributed by atoms with Gasteiger partial charge in [0.15, 0.2) is 0 Å². The van der Waals surface area contributed by atoms with Crippen molar-refractivity contribution in [3.63, 3.8) is 0 Å². The fourth-order valence-corrected chi connectivity index (χ4v) is 2.24. The second kappa shape index (κ2) is 7.22. The highest BCUT2D eigenvalue weighted by atomic mass is 19.1. The van der Waals surface area contributed by atoms with Gasteiger partial charge < -0.3 is 5.32 Å². The van der Waals surface area contributed by atoms with Crippen LogP contribution in [0.15, 0.2) is 36.7 Å². The first-order valence-electron chi connectivity index (χ1n) is 6.88. The first-order valence-corrected chi connectivity index (χ1v) is 6.88. The zero-order chi connectivity index (χ0) is 15.2. The Bertz CT molecular complexity index is 564. The number of nitrogens with one attached hydrogen (secondary N) is 1. The molecule has 112 valence electrons. The van der Waals surface area contributed by atoms with Crippen LogP contribution in [0.5, 0.6) is 0 Å². The first kappa shape index (κ1) is 15.5. The second-order valence-corrected chi connectivity index (χ2v) is 4.85. The molecule has 1 heterocycles. The fraction of sp³-hybridized carbons (Fsp3) is 0.312. The van der Waals surface area contributed by atoms with Gasteiger partial charge in [0.2, 0.25) is 0 Å². The van der Waals surface area contributed by atoms with Crippen LogP contribution < -0.4 is 5.32 Å². The van der Waals surface area contributed by atoms with Crippen molar-refractivity contribution in [3.05, 3.63) is 65.2 Å². The van der Waals surface area contributed by atoms with Gasteiger partial charge in [0.25, 0.3) is 0 Å². The van der Waals surface area contributed by atoms with E-state index >= 15 is 0 Å². The van der Waals surface area contributed by atoms with Crippen LogP contribution in [-0.4, -0.2) is 11.5 Å². The lowest BCUT2D eigenvalue weighted by atomic mass is 9.98. The molecule has 0 saturated carbocycles. The average molecular weight is 294 g/mol. The number of benzene rings is 1. The van der Waals surface area contributed by atoms with E-state index in [9.17, 15) is 13.2 Å². The average Bonchev–Trinajstić information content (AvgIpc) is 2.44. The van der Waals surface area contributed by atoms with Crippen LogP contribution in [0.4, 0.5) is 13.2 Å². The predicted molar refractivity (Wildman–Crippen MR) is 75.3 cm³/mol. The van der Waals surface area contributed by atoms with Gasteiger partial charge in [-0.1, -0.05) is 6.92 Å². The largest absolute Gasteiger partial charge is 0.309 e. The molecule has 2 aromatic rings. The van der Waals surface area contributed by atoms with Crippen LogP contribution in [0.25, 0.3) is 0 Å². The molecule has 2 nitrogen and oxygen atoms in total. The molecule has 0 aliphatic carbocycles. The van der Waals surface area contributed by atoms with E-state index in [0.29, 0.717) is 25.1 Å². The molecule has 1 N–H and O–H groups in total. The molecule has 1 aromatic heterocycles. The van der Waals surface area contributed by atoms with Crippen molar-refractivity contribution in [3.8, 4) is 0 Å². The highest BCUT2D eigenvalue weighted by Gasteiger charge is 2.21. The predicted octanol–water partition coefficient (Wildman–Crippen LogP) is 3.78. The molecule has 0 aliphatic heterocycles. The van der Waals surface area contributed by atoms with E-state index < -0.39 is 23.5 Å². The second-order valence-electron chi connectivity index (χ2n) is 4.85. The smallest absolute Gasteiger partial charge is 0.133 e. The molecule has 0 aliphatic rings. The van der Waals surface area contributed by atoms with Crippen molar-refractivity contribution in [2.75, 3.05) is 6.54 Å². The molecular weight excluding hydrogens is 277 g/mol. The zero-order valence-corrected chi connectivity index (χ0v) is 11.7. The van der Waals surface area contributed by atoms with Crippen molar-refractivity contribution in [1.82, 2.24) is 10.3 Å². The van der Waals surface area contributed by atoms with Gasteiger partial charge in [-0.3, -0.25) is 4.98 Å². The summed E-state index contributed by atoms with van der Waals surface area (Å²) in [7, 11) is 0. The summed E-state index contributed by atoms with van der Waals surface area (Å²) < 4.78 is 41.0. The van der Waals surface area contributed by atoms with Crippen molar-refractivity contribution in [2.24, 2.45) is 0 Å². The molecule has 0 amide bonds. The van der Waals surface area contributed by atoms with Gasteiger partial charge in [-0.15, -0.1) is 0 Å². The summed E-state index contributed by atoms with van der Waals surface area (Å²) in [5.74, 6) is -2.64. The highest BCUT2D eigenvalue weighted by Crippen LogP contribution is 2.25. The molecule has 0 saturated heterocycles. The fourth-order valence-electron chi connectivity index (χ4n) is 2.24. The van der Waals surface area contributed by atoms with Crippen molar-refractivity contribution in [1.29, 1.82) is 0 Å². The Balaban J connectivity index is 2.32. The molecule has 5 heteroatoms. The van der Waals surface area contributed by atoms with E-state index in [-0.39, 0.29) is 5.56 Å². The Kier molecular flexibility index (Phi) is 5.33. The van der Waals surface area contributed by atoms with E-state index in [4.69, 9.17) is 0 Å². The summed E-state index contributed by atoms with van der Waals surface area (Å²) in [5, 5.41) is 3.11. The van der Waals surface area contributed by atoms with Gasteiger partial charge in [-0.25, -0.2) is 13.2 Å². The van der Waals surface area contributed by atoms with Crippen molar-refractivity contribution in [2.45, 2.75) is 25.8 Å². The molecule has 1 aromatic carbocycles. The van der Waals surface area contributed by atoms with Crippen LogP contribution in [0.1, 0.15) is 30.5 Å². The maximum Gasteiger partial charge on any atom is 0.133 e. The monoisotopic (exact) mass is 294 g/mol. The molecule has 21 heavy (non-hydrogen) atoms. The summed E-state index contributed by atoms with van der Waals surface area (Å²) in [5.41, 5.74) is 0.781. The third-order valence-electron chi connectivity index (χ3n) is 3.22. The normalized spacial score (nSPS) is 12.4. The lowest BCUT2D eigenvalue weighted by molar-refractivity contribution is 0.455. The third-order valence-corrected chi connectivity index (χ3v) is 3.22. The summed E-state index contributed by atoms with van der Waals surface area (Å²) in [6.07, 6.45) is 4.49. The van der Waals surface area contributed by atoms with Crippen LogP contribution in [0, 0.1) is 17.5 Å². The molecule has 0 radical (unpaired) electrons. The van der Waals surface area contributed by atoms with Gasteiger partial charge in [-0.2, -0.15) is 0 Å². The Morgan fingerprint density at radius 2 is 1.71 bits per heavy atom. The van der Waals surface area contributed by atoms with Crippen molar-refractivity contribution < 1.29 is 13.2 Å². The highest BCUT2D eigenvalue weighted by molar-refractivity contribution is 5.26. The van der Waals surface area contributed by atoms with Crippen LogP contribution in [0.2, 0.25) is 0 Å². The Labute approximate surface area is 122 Å². The van der Waals surface area contributed by atoms with E-state index in [2.05, 4.69) is 10.3 Å². The molecule has 0 spiro atoms. The minimum Gasteiger partial charge on any atom is -0.309 e. The Hall–Kier alpha value is -1.88. The number of halogens is 3. The quantitative estimate of drug-likeness (QED) is 0.877. The van der Waals surface area contributed by atoms with Gasteiger partial charge in [0.1, 0.15) is 17.5 Å².